The summed E-state index contributed by atoms with van der Waals surface area (Å²) in [6.45, 7) is 3.10. The molecule has 4 aromatic carbocycles. The van der Waals surface area contributed by atoms with Crippen LogP contribution in [0.2, 0.25) is 0 Å². The van der Waals surface area contributed by atoms with Gasteiger partial charge in [-0.2, -0.15) is 0 Å². The largest absolute Gasteiger partial charge is 0.346 e. The van der Waals surface area contributed by atoms with E-state index in [1.165, 1.54) is 57.2 Å². The number of benzene rings is 4. The molecule has 0 bridgehead atoms. The summed E-state index contributed by atoms with van der Waals surface area (Å²) in [5, 5.41) is 1.84. The Morgan fingerprint density at radius 3 is 2.20 bits per heavy atom. The van der Waals surface area contributed by atoms with Crippen molar-refractivity contribution in [2.45, 2.75) is 74.3 Å². The van der Waals surface area contributed by atoms with Crippen LogP contribution < -0.4 is 4.72 Å². The lowest BCUT2D eigenvalue weighted by Crippen LogP contribution is -2.51. The van der Waals surface area contributed by atoms with Crippen LogP contribution in [0.1, 0.15) is 68.5 Å². The first-order valence-corrected chi connectivity index (χ1v) is 18.4. The molecule has 46 heavy (non-hydrogen) atoms. The lowest BCUT2D eigenvalue weighted by molar-refractivity contribution is -0.130. The average Bonchev–Trinajstić information content (AvgIpc) is 3.64. The van der Waals surface area contributed by atoms with E-state index in [0.717, 1.165) is 29.2 Å². The number of fused-ring (bicyclic) bond motifs is 1. The summed E-state index contributed by atoms with van der Waals surface area (Å²) >= 11 is 0. The third kappa shape index (κ3) is 7.71. The first-order chi connectivity index (χ1) is 22.3. The second kappa shape index (κ2) is 14.5. The molecule has 7 heteroatoms. The lowest BCUT2D eigenvalue weighted by Gasteiger charge is -2.47. The van der Waals surface area contributed by atoms with Gasteiger partial charge < -0.3 is 4.90 Å². The molecule has 1 heterocycles. The van der Waals surface area contributed by atoms with Gasteiger partial charge in [0.15, 0.2) is 0 Å². The number of hydrogen-bond donors (Lipinski definition) is 1. The maximum atomic E-state index is 13.6. The van der Waals surface area contributed by atoms with Crippen molar-refractivity contribution < 1.29 is 13.2 Å². The van der Waals surface area contributed by atoms with Gasteiger partial charge in [0.25, 0.3) is 0 Å². The Morgan fingerprint density at radius 2 is 1.50 bits per heavy atom. The lowest BCUT2D eigenvalue weighted by atomic mass is 9.71. The fourth-order valence-electron chi connectivity index (χ4n) is 7.61. The fourth-order valence-corrected chi connectivity index (χ4v) is 8.87. The topological polar surface area (TPSA) is 69.7 Å². The molecular formula is C39H47N3O3S. The summed E-state index contributed by atoms with van der Waals surface area (Å²) in [7, 11) is -2.01. The van der Waals surface area contributed by atoms with Crippen molar-refractivity contribution in [1.82, 2.24) is 14.5 Å². The van der Waals surface area contributed by atoms with Gasteiger partial charge >= 0.3 is 0 Å². The Morgan fingerprint density at radius 1 is 0.870 bits per heavy atom. The highest BCUT2D eigenvalue weighted by atomic mass is 32.2. The van der Waals surface area contributed by atoms with Crippen LogP contribution in [0.15, 0.2) is 108 Å². The maximum absolute atomic E-state index is 13.6. The molecule has 0 radical (unpaired) electrons. The zero-order valence-electron chi connectivity index (χ0n) is 27.0. The van der Waals surface area contributed by atoms with E-state index in [-0.39, 0.29) is 22.8 Å². The minimum absolute atomic E-state index is 0.0543. The number of carbonyl (C=O) groups excluding carboxylic acids is 1. The van der Waals surface area contributed by atoms with Gasteiger partial charge in [-0.15, -0.1) is 0 Å². The highest BCUT2D eigenvalue weighted by molar-refractivity contribution is 7.89. The molecule has 1 amide bonds. The highest BCUT2D eigenvalue weighted by Crippen LogP contribution is 2.41. The summed E-state index contributed by atoms with van der Waals surface area (Å²) < 4.78 is 30.0. The molecule has 1 atom stereocenters. The predicted octanol–water partition coefficient (Wildman–Crippen LogP) is 7.37. The van der Waals surface area contributed by atoms with E-state index in [0.29, 0.717) is 12.5 Å². The van der Waals surface area contributed by atoms with Crippen molar-refractivity contribution in [1.29, 1.82) is 0 Å². The molecule has 1 aliphatic carbocycles. The molecule has 2 aliphatic rings. The Labute approximate surface area is 274 Å². The Hall–Kier alpha value is -3.52. The number of amides is 1. The first-order valence-electron chi connectivity index (χ1n) is 16.9. The van der Waals surface area contributed by atoms with E-state index in [1.807, 2.05) is 67.7 Å². The van der Waals surface area contributed by atoms with E-state index in [4.69, 9.17) is 0 Å². The van der Waals surface area contributed by atoms with E-state index >= 15 is 0 Å². The minimum Gasteiger partial charge on any atom is -0.346 e. The Kier molecular flexibility index (Phi) is 10.2. The minimum atomic E-state index is -3.87. The van der Waals surface area contributed by atoms with Crippen LogP contribution in [0.3, 0.4) is 0 Å². The molecule has 6 nitrogen and oxygen atoms in total. The second-order valence-electron chi connectivity index (χ2n) is 13.4. The molecule has 1 aliphatic heterocycles. The zero-order valence-corrected chi connectivity index (χ0v) is 27.8. The number of rotatable bonds is 12. The molecule has 1 saturated carbocycles. The summed E-state index contributed by atoms with van der Waals surface area (Å²) in [5.74, 6) is 0.541. The quantitative estimate of drug-likeness (QED) is 0.176. The SMILES string of the molecule is CN(CCC1CCC(Cc2ccccc2)(N2CCCC2)CC1)C(=O)CC(NS(=O)(=O)c1ccc2ccccc2c1)c1ccccc1. The van der Waals surface area contributed by atoms with Crippen LogP contribution >= 0.6 is 0 Å². The van der Waals surface area contributed by atoms with Crippen molar-refractivity contribution in [2.24, 2.45) is 5.92 Å². The van der Waals surface area contributed by atoms with Gasteiger partial charge in [0.2, 0.25) is 15.9 Å². The molecular weight excluding hydrogens is 591 g/mol. The van der Waals surface area contributed by atoms with Crippen molar-refractivity contribution >= 4 is 26.7 Å². The summed E-state index contributed by atoms with van der Waals surface area (Å²) in [6.07, 6.45) is 9.54. The number of nitrogens with one attached hydrogen (secondary N) is 1. The van der Waals surface area contributed by atoms with E-state index in [9.17, 15) is 13.2 Å². The molecule has 0 spiro atoms. The van der Waals surface area contributed by atoms with Crippen LogP contribution in [0.5, 0.6) is 0 Å². The van der Waals surface area contributed by atoms with E-state index in [1.54, 1.807) is 17.0 Å². The van der Waals surface area contributed by atoms with Gasteiger partial charge in [0.05, 0.1) is 10.9 Å². The van der Waals surface area contributed by atoms with Gasteiger partial charge in [-0.05, 0) is 104 Å². The van der Waals surface area contributed by atoms with Crippen LogP contribution in [0.4, 0.5) is 0 Å². The standard InChI is InChI=1S/C39H47N3O3S/c1-41(27-22-31-20-23-39(24-21-31,42-25-10-11-26-42)30-32-12-4-2-5-13-32)38(43)29-37(34-15-6-3-7-16-34)40-46(44,45)36-19-18-33-14-8-9-17-35(33)28-36/h2-9,12-19,28,31,37,40H,10-11,20-27,29-30H2,1H3. The van der Waals surface area contributed by atoms with Crippen molar-refractivity contribution in [3.8, 4) is 0 Å². The van der Waals surface area contributed by atoms with E-state index in [2.05, 4.69) is 40.0 Å². The number of sulfonamides is 1. The van der Waals surface area contributed by atoms with Gasteiger partial charge in [-0.3, -0.25) is 9.69 Å². The van der Waals surface area contributed by atoms with Crippen LogP contribution in [-0.2, 0) is 21.2 Å². The third-order valence-corrected chi connectivity index (χ3v) is 11.9. The second-order valence-corrected chi connectivity index (χ2v) is 15.1. The molecule has 4 aromatic rings. The van der Waals surface area contributed by atoms with Crippen molar-refractivity contribution in [3.63, 3.8) is 0 Å². The Bertz CT molecular complexity index is 1700. The number of carbonyl (C=O) groups is 1. The van der Waals surface area contributed by atoms with Gasteiger partial charge in [0.1, 0.15) is 0 Å². The zero-order chi connectivity index (χ0) is 32.0. The molecule has 6 rings (SSSR count). The normalized spacial score (nSPS) is 21.3. The maximum Gasteiger partial charge on any atom is 0.241 e. The highest BCUT2D eigenvalue weighted by Gasteiger charge is 2.41. The van der Waals surface area contributed by atoms with Crippen LogP contribution in [-0.4, -0.2) is 56.3 Å². The van der Waals surface area contributed by atoms with Gasteiger partial charge in [-0.25, -0.2) is 13.1 Å². The summed E-state index contributed by atoms with van der Waals surface area (Å²) in [6, 6.07) is 32.5. The van der Waals surface area contributed by atoms with Crippen LogP contribution in [0, 0.1) is 5.92 Å². The van der Waals surface area contributed by atoms with Gasteiger partial charge in [0, 0.05) is 25.6 Å². The molecule has 0 aromatic heterocycles. The molecule has 1 saturated heterocycles. The van der Waals surface area contributed by atoms with Crippen LogP contribution in [0.25, 0.3) is 10.8 Å². The van der Waals surface area contributed by atoms with Gasteiger partial charge in [-0.1, -0.05) is 91.0 Å². The number of hydrogen-bond acceptors (Lipinski definition) is 4. The predicted molar refractivity (Wildman–Crippen MR) is 186 cm³/mol. The Balaban J connectivity index is 1.07. The van der Waals surface area contributed by atoms with E-state index < -0.39 is 16.1 Å². The average molecular weight is 638 g/mol. The molecule has 1 unspecified atom stereocenters. The van der Waals surface area contributed by atoms with Crippen molar-refractivity contribution in [3.05, 3.63) is 114 Å². The smallest absolute Gasteiger partial charge is 0.241 e. The third-order valence-electron chi connectivity index (χ3n) is 10.4. The fraction of sp³-hybridized carbons (Fsp3) is 0.410. The summed E-state index contributed by atoms with van der Waals surface area (Å²) in [5.41, 5.74) is 2.46. The summed E-state index contributed by atoms with van der Waals surface area (Å²) in [4.78, 5) is 18.3. The van der Waals surface area contributed by atoms with Crippen molar-refractivity contribution in [2.75, 3.05) is 26.7 Å². The monoisotopic (exact) mass is 637 g/mol. The number of nitrogens with zero attached hydrogens (tertiary/aromatic N) is 2. The first kappa shape index (κ1) is 32.4. The number of likely N-dealkylation sites (tertiary alicyclic amines) is 1. The molecule has 242 valence electrons. The molecule has 2 fully saturated rings. The molecule has 1 N–H and O–H groups in total.